The van der Waals surface area contributed by atoms with Gasteiger partial charge in [0.15, 0.2) is 0 Å². The highest BCUT2D eigenvalue weighted by Crippen LogP contribution is 2.29. The van der Waals surface area contributed by atoms with Crippen LogP contribution in [-0.4, -0.2) is 48.6 Å². The van der Waals surface area contributed by atoms with Gasteiger partial charge in [0.1, 0.15) is 0 Å². The number of hydrogen-bond donors (Lipinski definition) is 0. The molecule has 0 saturated carbocycles. The average molecular weight is 405 g/mol. The highest BCUT2D eigenvalue weighted by atomic mass is 35.5. The summed E-state index contributed by atoms with van der Waals surface area (Å²) >= 11 is 6.00. The predicted octanol–water partition coefficient (Wildman–Crippen LogP) is 2.53. The van der Waals surface area contributed by atoms with Crippen LogP contribution in [0.1, 0.15) is 12.8 Å². The smallest absolute Gasteiger partial charge is 0.243 e. The molecule has 8 heteroatoms. The number of nitrogens with zero attached hydrogens (tertiary/aromatic N) is 2. The van der Waals surface area contributed by atoms with Gasteiger partial charge in [0.2, 0.25) is 21.8 Å². The molecule has 0 aromatic heterocycles. The minimum Gasteiger partial charge on any atom is -0.277 e. The Kier molecular flexibility index (Phi) is 4.53. The number of carbonyl (C=O) groups is 2. The van der Waals surface area contributed by atoms with Gasteiger partial charge >= 0.3 is 0 Å². The molecular weight excluding hydrogens is 388 g/mol. The fraction of sp³-hybridized carbons (Fsp3) is 0.263. The van der Waals surface area contributed by atoms with Gasteiger partial charge < -0.3 is 0 Å². The molecule has 2 aliphatic rings. The Morgan fingerprint density at radius 3 is 2.11 bits per heavy atom. The Morgan fingerprint density at radius 1 is 0.889 bits per heavy atom. The molecule has 2 aromatic rings. The predicted molar refractivity (Wildman–Crippen MR) is 101 cm³/mol. The van der Waals surface area contributed by atoms with Gasteiger partial charge in [0.25, 0.3) is 0 Å². The second kappa shape index (κ2) is 6.74. The van der Waals surface area contributed by atoms with Crippen molar-refractivity contribution in [2.75, 3.05) is 13.1 Å². The molecule has 2 aromatic carbocycles. The number of likely N-dealkylation sites (tertiary alicyclic amines) is 1. The van der Waals surface area contributed by atoms with E-state index in [9.17, 15) is 18.0 Å². The monoisotopic (exact) mass is 404 g/mol. The van der Waals surface area contributed by atoms with Gasteiger partial charge in [0.05, 0.1) is 10.9 Å². The maximum atomic E-state index is 12.8. The highest BCUT2D eigenvalue weighted by Gasteiger charge is 2.45. The lowest BCUT2D eigenvalue weighted by Gasteiger charge is -2.41. The molecule has 0 radical (unpaired) electrons. The Hall–Kier alpha value is -2.22. The molecule has 0 atom stereocenters. The van der Waals surface area contributed by atoms with E-state index >= 15 is 0 Å². The number of benzene rings is 2. The first-order valence-corrected chi connectivity index (χ1v) is 10.4. The van der Waals surface area contributed by atoms with Gasteiger partial charge in [-0.15, -0.1) is 0 Å². The van der Waals surface area contributed by atoms with Crippen molar-refractivity contribution in [1.29, 1.82) is 0 Å². The van der Waals surface area contributed by atoms with Gasteiger partial charge in [-0.05, 0) is 35.4 Å². The number of carbonyl (C=O) groups excluding carboxylic acids is 2. The summed E-state index contributed by atoms with van der Waals surface area (Å²) in [5.41, 5.74) is 1.77. The lowest BCUT2D eigenvalue weighted by molar-refractivity contribution is -0.143. The van der Waals surface area contributed by atoms with Crippen molar-refractivity contribution in [3.05, 3.63) is 53.6 Å². The Labute approximate surface area is 162 Å². The van der Waals surface area contributed by atoms with E-state index in [1.807, 2.05) is 18.2 Å². The maximum Gasteiger partial charge on any atom is 0.243 e. The second-order valence-corrected chi connectivity index (χ2v) is 9.04. The third kappa shape index (κ3) is 3.26. The summed E-state index contributed by atoms with van der Waals surface area (Å²) in [6.07, 6.45) is 0.431. The SMILES string of the molecule is O=C1CCC(=O)N1C1CN(S(=O)(=O)c2ccc(-c3cccc(Cl)c3)cc2)C1. The molecule has 0 N–H and O–H groups in total. The van der Waals surface area contributed by atoms with Crippen LogP contribution in [0, 0.1) is 0 Å². The lowest BCUT2D eigenvalue weighted by Crippen LogP contribution is -2.62. The topological polar surface area (TPSA) is 74.8 Å². The van der Waals surface area contributed by atoms with Crippen LogP contribution in [0.15, 0.2) is 53.4 Å². The molecule has 27 heavy (non-hydrogen) atoms. The summed E-state index contributed by atoms with van der Waals surface area (Å²) in [6, 6.07) is 13.6. The normalized spacial score (nSPS) is 18.8. The molecule has 4 rings (SSSR count). The molecule has 2 aliphatic heterocycles. The van der Waals surface area contributed by atoms with Crippen LogP contribution in [0.4, 0.5) is 0 Å². The first-order valence-electron chi connectivity index (χ1n) is 8.57. The number of hydrogen-bond acceptors (Lipinski definition) is 4. The Balaban J connectivity index is 1.48. The zero-order valence-corrected chi connectivity index (χ0v) is 15.9. The van der Waals surface area contributed by atoms with E-state index in [-0.39, 0.29) is 48.7 Å². The standard InChI is InChI=1S/C19H17ClN2O4S/c20-15-3-1-2-14(10-15)13-4-6-17(7-5-13)27(25,26)21-11-16(12-21)22-18(23)8-9-19(22)24/h1-7,10,16H,8-9,11-12H2. The molecule has 0 unspecified atom stereocenters. The maximum absolute atomic E-state index is 12.8. The van der Waals surface area contributed by atoms with Crippen molar-refractivity contribution < 1.29 is 18.0 Å². The largest absolute Gasteiger partial charge is 0.277 e. The minimum atomic E-state index is -3.65. The summed E-state index contributed by atoms with van der Waals surface area (Å²) in [5, 5.41) is 0.613. The number of rotatable bonds is 4. The van der Waals surface area contributed by atoms with E-state index in [1.54, 1.807) is 30.3 Å². The summed E-state index contributed by atoms with van der Waals surface area (Å²) in [4.78, 5) is 24.9. The van der Waals surface area contributed by atoms with Crippen molar-refractivity contribution in [1.82, 2.24) is 9.21 Å². The molecule has 0 aliphatic carbocycles. The van der Waals surface area contributed by atoms with E-state index in [0.29, 0.717) is 5.02 Å². The molecule has 2 heterocycles. The van der Waals surface area contributed by atoms with E-state index < -0.39 is 10.0 Å². The van der Waals surface area contributed by atoms with E-state index in [1.165, 1.54) is 9.21 Å². The van der Waals surface area contributed by atoms with Gasteiger partial charge in [-0.25, -0.2) is 8.42 Å². The molecular formula is C19H17ClN2O4S. The van der Waals surface area contributed by atoms with E-state index in [2.05, 4.69) is 0 Å². The number of halogens is 1. The summed E-state index contributed by atoms with van der Waals surface area (Å²) < 4.78 is 26.8. The van der Waals surface area contributed by atoms with Crippen LogP contribution in [-0.2, 0) is 19.6 Å². The highest BCUT2D eigenvalue weighted by molar-refractivity contribution is 7.89. The third-order valence-electron chi connectivity index (χ3n) is 4.93. The Morgan fingerprint density at radius 2 is 1.52 bits per heavy atom. The number of sulfonamides is 1. The summed E-state index contributed by atoms with van der Waals surface area (Å²) in [5.74, 6) is -0.430. The van der Waals surface area contributed by atoms with Crippen LogP contribution in [0.5, 0.6) is 0 Å². The van der Waals surface area contributed by atoms with Gasteiger partial charge in [0, 0.05) is 31.0 Å². The second-order valence-electron chi connectivity index (χ2n) is 6.67. The summed E-state index contributed by atoms with van der Waals surface area (Å²) in [7, 11) is -3.65. The van der Waals surface area contributed by atoms with Crippen molar-refractivity contribution in [3.8, 4) is 11.1 Å². The third-order valence-corrected chi connectivity index (χ3v) is 7.02. The molecule has 2 fully saturated rings. The number of imide groups is 1. The number of amides is 2. The van der Waals surface area contributed by atoms with E-state index in [4.69, 9.17) is 11.6 Å². The van der Waals surface area contributed by atoms with Crippen LogP contribution >= 0.6 is 11.6 Å². The van der Waals surface area contributed by atoms with Crippen molar-refractivity contribution in [2.24, 2.45) is 0 Å². The van der Waals surface area contributed by atoms with Crippen molar-refractivity contribution in [2.45, 2.75) is 23.8 Å². The Bertz CT molecular complexity index is 998. The fourth-order valence-corrected chi connectivity index (χ4v) is 5.12. The molecule has 0 spiro atoms. The molecule has 140 valence electrons. The van der Waals surface area contributed by atoms with E-state index in [0.717, 1.165) is 11.1 Å². The van der Waals surface area contributed by atoms with Crippen LogP contribution < -0.4 is 0 Å². The lowest BCUT2D eigenvalue weighted by atomic mass is 10.1. The van der Waals surface area contributed by atoms with Crippen LogP contribution in [0.25, 0.3) is 11.1 Å². The van der Waals surface area contributed by atoms with Crippen molar-refractivity contribution >= 4 is 33.4 Å². The van der Waals surface area contributed by atoms with Gasteiger partial charge in [-0.2, -0.15) is 4.31 Å². The first kappa shape index (κ1) is 18.2. The van der Waals surface area contributed by atoms with Crippen molar-refractivity contribution in [3.63, 3.8) is 0 Å². The summed E-state index contributed by atoms with van der Waals surface area (Å²) in [6.45, 7) is 0.297. The zero-order chi connectivity index (χ0) is 19.2. The molecule has 6 nitrogen and oxygen atoms in total. The quantitative estimate of drug-likeness (QED) is 0.734. The minimum absolute atomic E-state index is 0.149. The fourth-order valence-electron chi connectivity index (χ4n) is 3.41. The first-order chi connectivity index (χ1) is 12.9. The molecule has 2 amide bonds. The van der Waals surface area contributed by atoms with Gasteiger partial charge in [-0.3, -0.25) is 14.5 Å². The molecule has 2 saturated heterocycles. The zero-order valence-electron chi connectivity index (χ0n) is 14.3. The van der Waals surface area contributed by atoms with Crippen LogP contribution in [0.3, 0.4) is 0 Å². The molecule has 0 bridgehead atoms. The van der Waals surface area contributed by atoms with Gasteiger partial charge in [-0.1, -0.05) is 35.9 Å². The van der Waals surface area contributed by atoms with Crippen LogP contribution in [0.2, 0.25) is 5.02 Å². The average Bonchev–Trinajstić information content (AvgIpc) is 2.93.